The number of nitrogens with zero attached hydrogens (tertiary/aromatic N) is 1. The van der Waals surface area contributed by atoms with Gasteiger partial charge >= 0.3 is 0 Å². The van der Waals surface area contributed by atoms with Crippen molar-refractivity contribution in [2.24, 2.45) is 0 Å². The van der Waals surface area contributed by atoms with Crippen LogP contribution >= 0.6 is 11.3 Å². The van der Waals surface area contributed by atoms with Crippen LogP contribution in [0.5, 0.6) is 5.75 Å². The first kappa shape index (κ1) is 21.8. The summed E-state index contributed by atoms with van der Waals surface area (Å²) in [6.45, 7) is 6.15. The number of hydrogen-bond donors (Lipinski definition) is 1. The molecular weight excluding hydrogens is 422 g/mol. The molecule has 6 heteroatoms. The molecule has 2 heterocycles. The van der Waals surface area contributed by atoms with Crippen LogP contribution in [0.2, 0.25) is 0 Å². The second-order valence-electron chi connectivity index (χ2n) is 8.69. The number of carbonyl (C=O) groups is 2. The van der Waals surface area contributed by atoms with Crippen molar-refractivity contribution < 1.29 is 19.4 Å². The lowest BCUT2D eigenvalue weighted by Crippen LogP contribution is -2.29. The van der Waals surface area contributed by atoms with Gasteiger partial charge in [0, 0.05) is 21.7 Å². The van der Waals surface area contributed by atoms with Gasteiger partial charge in [-0.1, -0.05) is 45.0 Å². The van der Waals surface area contributed by atoms with Crippen molar-refractivity contribution in [2.75, 3.05) is 12.0 Å². The maximum absolute atomic E-state index is 13.2. The first-order chi connectivity index (χ1) is 15.2. The molecule has 1 aliphatic heterocycles. The van der Waals surface area contributed by atoms with E-state index in [2.05, 4.69) is 20.8 Å². The van der Waals surface area contributed by atoms with E-state index in [9.17, 15) is 14.7 Å². The monoisotopic (exact) mass is 447 g/mol. The second kappa shape index (κ2) is 8.28. The number of anilines is 1. The Bertz CT molecular complexity index is 1190. The van der Waals surface area contributed by atoms with Crippen LogP contribution in [0.15, 0.2) is 71.6 Å². The number of rotatable bonds is 4. The molecule has 1 amide bonds. The maximum atomic E-state index is 13.2. The van der Waals surface area contributed by atoms with Crippen LogP contribution < -0.4 is 9.64 Å². The third kappa shape index (κ3) is 3.71. The Hall–Kier alpha value is -3.38. The third-order valence-corrected chi connectivity index (χ3v) is 6.50. The average molecular weight is 448 g/mol. The molecule has 0 bridgehead atoms. The van der Waals surface area contributed by atoms with Gasteiger partial charge in [0.25, 0.3) is 11.7 Å². The topological polar surface area (TPSA) is 66.8 Å². The molecule has 0 aliphatic carbocycles. The van der Waals surface area contributed by atoms with Crippen LogP contribution in [-0.2, 0) is 15.0 Å². The molecule has 1 saturated heterocycles. The lowest BCUT2D eigenvalue weighted by molar-refractivity contribution is -0.132. The van der Waals surface area contributed by atoms with Gasteiger partial charge in [-0.2, -0.15) is 0 Å². The minimum absolute atomic E-state index is 0.0892. The summed E-state index contributed by atoms with van der Waals surface area (Å²) >= 11 is 1.44. The van der Waals surface area contributed by atoms with Gasteiger partial charge in [-0.05, 0) is 47.2 Å². The van der Waals surface area contributed by atoms with Crippen molar-refractivity contribution in [3.8, 4) is 5.75 Å². The highest BCUT2D eigenvalue weighted by molar-refractivity contribution is 7.10. The molecule has 32 heavy (non-hydrogen) atoms. The molecule has 3 aromatic rings. The van der Waals surface area contributed by atoms with E-state index in [0.29, 0.717) is 17.0 Å². The van der Waals surface area contributed by atoms with Crippen molar-refractivity contribution >= 4 is 34.5 Å². The van der Waals surface area contributed by atoms with E-state index in [0.717, 1.165) is 10.4 Å². The summed E-state index contributed by atoms with van der Waals surface area (Å²) in [5, 5.41) is 13.2. The molecule has 1 atom stereocenters. The number of benzene rings is 2. The number of hydrogen-bond acceptors (Lipinski definition) is 5. The van der Waals surface area contributed by atoms with E-state index in [4.69, 9.17) is 4.74 Å². The van der Waals surface area contributed by atoms with Gasteiger partial charge in [0.15, 0.2) is 0 Å². The van der Waals surface area contributed by atoms with E-state index in [-0.39, 0.29) is 16.7 Å². The van der Waals surface area contributed by atoms with Crippen molar-refractivity contribution in [2.45, 2.75) is 32.2 Å². The quantitative estimate of drug-likeness (QED) is 0.317. The van der Waals surface area contributed by atoms with Crippen LogP contribution in [0, 0.1) is 0 Å². The molecule has 1 N–H and O–H groups in total. The molecular formula is C26H25NO4S. The van der Waals surface area contributed by atoms with Gasteiger partial charge in [0.1, 0.15) is 17.6 Å². The van der Waals surface area contributed by atoms with Crippen molar-refractivity contribution in [1.29, 1.82) is 0 Å². The molecule has 1 aliphatic rings. The molecule has 0 spiro atoms. The third-order valence-electron chi connectivity index (χ3n) is 5.57. The molecule has 0 radical (unpaired) electrons. The van der Waals surface area contributed by atoms with E-state index in [1.807, 2.05) is 41.8 Å². The molecule has 2 aromatic carbocycles. The van der Waals surface area contributed by atoms with Crippen molar-refractivity contribution in [3.63, 3.8) is 0 Å². The number of aliphatic hydroxyl groups is 1. The van der Waals surface area contributed by atoms with Gasteiger partial charge in [-0.3, -0.25) is 14.5 Å². The Morgan fingerprint density at radius 3 is 2.34 bits per heavy atom. The lowest BCUT2D eigenvalue weighted by Gasteiger charge is -2.25. The number of aliphatic hydroxyl groups excluding tert-OH is 1. The van der Waals surface area contributed by atoms with Crippen LogP contribution in [0.25, 0.3) is 5.76 Å². The Labute approximate surface area is 191 Å². The number of ketones is 1. The summed E-state index contributed by atoms with van der Waals surface area (Å²) in [5.41, 5.74) is 1.83. The predicted molar refractivity (Wildman–Crippen MR) is 127 cm³/mol. The van der Waals surface area contributed by atoms with E-state index in [1.165, 1.54) is 16.2 Å². The van der Waals surface area contributed by atoms with E-state index in [1.54, 1.807) is 31.4 Å². The normalized spacial score (nSPS) is 18.2. The van der Waals surface area contributed by atoms with E-state index < -0.39 is 17.7 Å². The zero-order valence-corrected chi connectivity index (χ0v) is 19.3. The Morgan fingerprint density at radius 1 is 1.03 bits per heavy atom. The first-order valence-electron chi connectivity index (χ1n) is 10.3. The van der Waals surface area contributed by atoms with Gasteiger partial charge in [0.05, 0.1) is 12.7 Å². The number of thiophene rings is 1. The van der Waals surface area contributed by atoms with Crippen LogP contribution in [0.3, 0.4) is 0 Å². The summed E-state index contributed by atoms with van der Waals surface area (Å²) in [5.74, 6) is -0.833. The fraction of sp³-hybridized carbons (Fsp3) is 0.231. The van der Waals surface area contributed by atoms with Gasteiger partial charge in [-0.25, -0.2) is 0 Å². The Kier molecular flexibility index (Phi) is 5.65. The smallest absolute Gasteiger partial charge is 0.300 e. The summed E-state index contributed by atoms with van der Waals surface area (Å²) < 4.78 is 5.50. The van der Waals surface area contributed by atoms with Crippen LogP contribution in [-0.4, -0.2) is 23.9 Å². The standard InChI is InChI=1S/C26H25NO4S/c1-26(2,3)18-15-16(12-13-19(18)31-4)23(28)21-22(20-11-8-14-32-20)27(25(30)24(21)29)17-9-6-5-7-10-17/h5-15,22,28H,1-4H3/b23-21-. The average Bonchev–Trinajstić information content (AvgIpc) is 3.40. The Morgan fingerprint density at radius 2 is 1.75 bits per heavy atom. The van der Waals surface area contributed by atoms with Crippen molar-refractivity contribution in [3.05, 3.63) is 87.6 Å². The number of Topliss-reactive ketones (excluding diaryl/α,β-unsaturated/α-hetero) is 1. The highest BCUT2D eigenvalue weighted by Crippen LogP contribution is 2.44. The molecule has 1 unspecified atom stereocenters. The maximum Gasteiger partial charge on any atom is 0.300 e. The number of para-hydroxylation sites is 1. The molecule has 164 valence electrons. The molecule has 0 saturated carbocycles. The van der Waals surface area contributed by atoms with Crippen LogP contribution in [0.4, 0.5) is 5.69 Å². The van der Waals surface area contributed by atoms with Gasteiger partial charge in [0.2, 0.25) is 0 Å². The van der Waals surface area contributed by atoms with Crippen molar-refractivity contribution in [1.82, 2.24) is 0 Å². The predicted octanol–water partition coefficient (Wildman–Crippen LogP) is 5.68. The number of ether oxygens (including phenoxy) is 1. The van der Waals surface area contributed by atoms with Gasteiger partial charge in [-0.15, -0.1) is 11.3 Å². The number of methoxy groups -OCH3 is 1. The number of carbonyl (C=O) groups excluding carboxylic acids is 2. The second-order valence-corrected chi connectivity index (χ2v) is 9.66. The largest absolute Gasteiger partial charge is 0.507 e. The highest BCUT2D eigenvalue weighted by atomic mass is 32.1. The fourth-order valence-corrected chi connectivity index (χ4v) is 4.82. The fourth-order valence-electron chi connectivity index (χ4n) is 4.00. The summed E-state index contributed by atoms with van der Waals surface area (Å²) in [4.78, 5) is 28.6. The number of amides is 1. The zero-order valence-electron chi connectivity index (χ0n) is 18.5. The zero-order chi connectivity index (χ0) is 23.0. The van der Waals surface area contributed by atoms with E-state index >= 15 is 0 Å². The van der Waals surface area contributed by atoms with Gasteiger partial charge < -0.3 is 9.84 Å². The summed E-state index contributed by atoms with van der Waals surface area (Å²) in [6, 6.07) is 17.4. The first-order valence-corrected chi connectivity index (χ1v) is 11.2. The summed E-state index contributed by atoms with van der Waals surface area (Å²) in [7, 11) is 1.60. The summed E-state index contributed by atoms with van der Waals surface area (Å²) in [6.07, 6.45) is 0. The minimum Gasteiger partial charge on any atom is -0.507 e. The Balaban J connectivity index is 1.93. The highest BCUT2D eigenvalue weighted by Gasteiger charge is 2.47. The molecule has 1 fully saturated rings. The SMILES string of the molecule is COc1ccc(/C(O)=C2/C(=O)C(=O)N(c3ccccc3)C2c2cccs2)cc1C(C)(C)C. The lowest BCUT2D eigenvalue weighted by atomic mass is 9.84. The molecule has 4 rings (SSSR count). The van der Waals surface area contributed by atoms with Crippen LogP contribution in [0.1, 0.15) is 42.8 Å². The molecule has 1 aromatic heterocycles. The minimum atomic E-state index is -0.697. The molecule has 5 nitrogen and oxygen atoms in total.